The standard InChI is InChI=1S/C51H98O6/c1-5-7-9-11-13-15-17-19-20-21-23-26-30-34-38-42-49(52)55-45-48(57-51(54)44-40-36-32-27-22-18-16-14-12-10-8-6-2)46-56-50(53)43-39-35-31-28-24-25-29-33-37-41-47(3)4/h47-48H,5-46H2,1-4H3/t48-/m1/s1. The number of carbonyl (C=O) groups is 3. The summed E-state index contributed by atoms with van der Waals surface area (Å²) < 4.78 is 16.8. The van der Waals surface area contributed by atoms with Crippen LogP contribution < -0.4 is 0 Å². The molecular formula is C51H98O6. The summed E-state index contributed by atoms with van der Waals surface area (Å²) in [4.78, 5) is 37.9. The van der Waals surface area contributed by atoms with Gasteiger partial charge in [0, 0.05) is 19.3 Å². The average Bonchev–Trinajstić information content (AvgIpc) is 3.19. The Hall–Kier alpha value is -1.59. The molecular weight excluding hydrogens is 709 g/mol. The lowest BCUT2D eigenvalue weighted by molar-refractivity contribution is -0.167. The van der Waals surface area contributed by atoms with Gasteiger partial charge in [-0.1, -0.05) is 246 Å². The molecule has 0 amide bonds. The van der Waals surface area contributed by atoms with Crippen LogP contribution in [0.15, 0.2) is 0 Å². The monoisotopic (exact) mass is 807 g/mol. The molecule has 0 N–H and O–H groups in total. The molecule has 6 nitrogen and oxygen atoms in total. The van der Waals surface area contributed by atoms with Crippen LogP contribution >= 0.6 is 0 Å². The molecule has 57 heavy (non-hydrogen) atoms. The van der Waals surface area contributed by atoms with Gasteiger partial charge >= 0.3 is 17.9 Å². The van der Waals surface area contributed by atoms with Crippen molar-refractivity contribution in [2.24, 2.45) is 5.92 Å². The lowest BCUT2D eigenvalue weighted by atomic mass is 10.0. The number of ether oxygens (including phenoxy) is 3. The Bertz CT molecular complexity index is 857. The van der Waals surface area contributed by atoms with Crippen LogP contribution in [0.5, 0.6) is 0 Å². The van der Waals surface area contributed by atoms with Gasteiger partial charge < -0.3 is 14.2 Å². The number of esters is 3. The molecule has 0 unspecified atom stereocenters. The molecule has 0 aliphatic carbocycles. The lowest BCUT2D eigenvalue weighted by Gasteiger charge is -2.18. The van der Waals surface area contributed by atoms with Gasteiger partial charge in [0.2, 0.25) is 0 Å². The molecule has 0 heterocycles. The molecule has 0 aromatic carbocycles. The van der Waals surface area contributed by atoms with Crippen molar-refractivity contribution in [3.8, 4) is 0 Å². The van der Waals surface area contributed by atoms with E-state index in [9.17, 15) is 14.4 Å². The predicted molar refractivity (Wildman–Crippen MR) is 243 cm³/mol. The van der Waals surface area contributed by atoms with Crippen LogP contribution in [0, 0.1) is 5.92 Å². The quantitative estimate of drug-likeness (QED) is 0.0346. The van der Waals surface area contributed by atoms with Crippen molar-refractivity contribution in [2.75, 3.05) is 13.2 Å². The van der Waals surface area contributed by atoms with E-state index < -0.39 is 6.10 Å². The second-order valence-electron chi connectivity index (χ2n) is 17.9. The van der Waals surface area contributed by atoms with E-state index in [4.69, 9.17) is 14.2 Å². The Labute approximate surface area is 355 Å². The van der Waals surface area contributed by atoms with Crippen molar-refractivity contribution in [2.45, 2.75) is 291 Å². The zero-order chi connectivity index (χ0) is 41.7. The molecule has 1 atom stereocenters. The smallest absolute Gasteiger partial charge is 0.306 e. The molecule has 0 aliphatic heterocycles. The highest BCUT2D eigenvalue weighted by molar-refractivity contribution is 5.71. The maximum Gasteiger partial charge on any atom is 0.306 e. The second kappa shape index (κ2) is 45.5. The molecule has 0 aliphatic rings. The first-order valence-corrected chi connectivity index (χ1v) is 25.4. The van der Waals surface area contributed by atoms with Crippen LogP contribution in [-0.4, -0.2) is 37.2 Å². The Morgan fingerprint density at radius 1 is 0.333 bits per heavy atom. The first-order valence-electron chi connectivity index (χ1n) is 25.4. The van der Waals surface area contributed by atoms with E-state index in [1.165, 1.54) is 180 Å². The maximum absolute atomic E-state index is 12.7. The van der Waals surface area contributed by atoms with Crippen LogP contribution in [0.4, 0.5) is 0 Å². The Balaban J connectivity index is 4.30. The molecule has 0 radical (unpaired) electrons. The van der Waals surface area contributed by atoms with Crippen molar-refractivity contribution in [1.29, 1.82) is 0 Å². The molecule has 0 aromatic heterocycles. The Kier molecular flexibility index (Phi) is 44.2. The molecule has 0 bridgehead atoms. The van der Waals surface area contributed by atoms with Crippen LogP contribution in [0.1, 0.15) is 285 Å². The fraction of sp³-hybridized carbons (Fsp3) is 0.941. The minimum absolute atomic E-state index is 0.0630. The van der Waals surface area contributed by atoms with Crippen LogP contribution in [0.3, 0.4) is 0 Å². The summed E-state index contributed by atoms with van der Waals surface area (Å²) in [5.41, 5.74) is 0. The number of hydrogen-bond donors (Lipinski definition) is 0. The third-order valence-corrected chi connectivity index (χ3v) is 11.5. The van der Waals surface area contributed by atoms with Crippen LogP contribution in [0.2, 0.25) is 0 Å². The van der Waals surface area contributed by atoms with E-state index in [-0.39, 0.29) is 31.1 Å². The summed E-state index contributed by atoms with van der Waals surface area (Å²) in [5, 5.41) is 0. The van der Waals surface area contributed by atoms with Crippen molar-refractivity contribution >= 4 is 17.9 Å². The van der Waals surface area contributed by atoms with Gasteiger partial charge in [-0.15, -0.1) is 0 Å². The van der Waals surface area contributed by atoms with Gasteiger partial charge in [-0.05, 0) is 25.2 Å². The summed E-state index contributed by atoms with van der Waals surface area (Å²) in [6.45, 7) is 9.00. The fourth-order valence-electron chi connectivity index (χ4n) is 7.69. The SMILES string of the molecule is CCCCCCCCCCCCCCCCCC(=O)OC[C@H](COC(=O)CCCCCCCCCCCC(C)C)OC(=O)CCCCCCCCCCCCCC. The van der Waals surface area contributed by atoms with Crippen LogP contribution in [-0.2, 0) is 28.6 Å². The minimum atomic E-state index is -0.760. The summed E-state index contributed by atoms with van der Waals surface area (Å²) in [7, 11) is 0. The predicted octanol–water partition coefficient (Wildman–Crippen LogP) is 16.3. The van der Waals surface area contributed by atoms with Crippen LogP contribution in [0.25, 0.3) is 0 Å². The largest absolute Gasteiger partial charge is 0.462 e. The van der Waals surface area contributed by atoms with Gasteiger partial charge in [0.05, 0.1) is 0 Å². The number of hydrogen-bond acceptors (Lipinski definition) is 6. The molecule has 0 spiro atoms. The summed E-state index contributed by atoms with van der Waals surface area (Å²) in [6.07, 6.45) is 46.6. The van der Waals surface area contributed by atoms with Gasteiger partial charge in [0.1, 0.15) is 13.2 Å². The average molecular weight is 807 g/mol. The van der Waals surface area contributed by atoms with Gasteiger partial charge in [0.25, 0.3) is 0 Å². The number of unbranched alkanes of at least 4 members (excludes halogenated alkanes) is 33. The first kappa shape index (κ1) is 55.4. The minimum Gasteiger partial charge on any atom is -0.462 e. The maximum atomic E-state index is 12.7. The third-order valence-electron chi connectivity index (χ3n) is 11.5. The normalized spacial score (nSPS) is 11.9. The van der Waals surface area contributed by atoms with Gasteiger partial charge in [-0.3, -0.25) is 14.4 Å². The fourth-order valence-corrected chi connectivity index (χ4v) is 7.69. The van der Waals surface area contributed by atoms with Crippen molar-refractivity contribution in [1.82, 2.24) is 0 Å². The first-order chi connectivity index (χ1) is 27.9. The van der Waals surface area contributed by atoms with E-state index >= 15 is 0 Å². The van der Waals surface area contributed by atoms with Gasteiger partial charge in [-0.2, -0.15) is 0 Å². The molecule has 0 fully saturated rings. The van der Waals surface area contributed by atoms with Gasteiger partial charge in [0.15, 0.2) is 6.10 Å². The topological polar surface area (TPSA) is 78.9 Å². The van der Waals surface area contributed by atoms with E-state index in [1.807, 2.05) is 0 Å². The highest BCUT2D eigenvalue weighted by atomic mass is 16.6. The lowest BCUT2D eigenvalue weighted by Crippen LogP contribution is -2.30. The summed E-state index contributed by atoms with van der Waals surface area (Å²) in [6, 6.07) is 0. The van der Waals surface area contributed by atoms with Gasteiger partial charge in [-0.25, -0.2) is 0 Å². The summed E-state index contributed by atoms with van der Waals surface area (Å²) >= 11 is 0. The van der Waals surface area contributed by atoms with E-state index in [0.29, 0.717) is 19.3 Å². The second-order valence-corrected chi connectivity index (χ2v) is 17.9. The molecule has 0 rings (SSSR count). The highest BCUT2D eigenvalue weighted by Crippen LogP contribution is 2.17. The number of rotatable bonds is 46. The summed E-state index contributed by atoms with van der Waals surface area (Å²) in [5.74, 6) is -0.0381. The van der Waals surface area contributed by atoms with E-state index in [1.54, 1.807) is 0 Å². The Morgan fingerprint density at radius 3 is 0.860 bits per heavy atom. The van der Waals surface area contributed by atoms with E-state index in [0.717, 1.165) is 63.7 Å². The molecule has 6 heteroatoms. The van der Waals surface area contributed by atoms with Crippen molar-refractivity contribution in [3.05, 3.63) is 0 Å². The zero-order valence-electron chi connectivity index (χ0n) is 38.8. The zero-order valence-corrected chi connectivity index (χ0v) is 38.8. The molecule has 0 saturated heterocycles. The van der Waals surface area contributed by atoms with Crippen molar-refractivity contribution in [3.63, 3.8) is 0 Å². The third kappa shape index (κ3) is 45.3. The highest BCUT2D eigenvalue weighted by Gasteiger charge is 2.19. The molecule has 0 aromatic rings. The number of carbonyl (C=O) groups excluding carboxylic acids is 3. The van der Waals surface area contributed by atoms with E-state index in [2.05, 4.69) is 27.7 Å². The Morgan fingerprint density at radius 2 is 0.579 bits per heavy atom. The molecule has 0 saturated carbocycles. The van der Waals surface area contributed by atoms with Crippen molar-refractivity contribution < 1.29 is 28.6 Å². The molecule has 338 valence electrons.